The van der Waals surface area contributed by atoms with Crippen molar-refractivity contribution in [3.05, 3.63) is 42.4 Å². The highest BCUT2D eigenvalue weighted by atomic mass is 16.5. The first-order valence-electron chi connectivity index (χ1n) is 6.91. The first-order chi connectivity index (χ1) is 9.74. The van der Waals surface area contributed by atoms with E-state index < -0.39 is 0 Å². The molecular weight excluding hydrogens is 254 g/mol. The molecule has 0 aliphatic rings. The molecule has 5 heteroatoms. The molecular formula is C15H20N3O2+. The molecule has 0 aliphatic carbocycles. The van der Waals surface area contributed by atoms with Gasteiger partial charge in [0.05, 0.1) is 0 Å². The summed E-state index contributed by atoms with van der Waals surface area (Å²) in [5, 5.41) is 6.45. The van der Waals surface area contributed by atoms with E-state index in [1.807, 2.05) is 18.2 Å². The third-order valence-electron chi connectivity index (χ3n) is 2.99. The van der Waals surface area contributed by atoms with E-state index >= 15 is 0 Å². The van der Waals surface area contributed by atoms with Gasteiger partial charge in [0.15, 0.2) is 18.2 Å². The maximum Gasteiger partial charge on any atom is 0.225 e. The third kappa shape index (κ3) is 4.84. The summed E-state index contributed by atoms with van der Waals surface area (Å²) in [5.74, 6) is 1.18. The Morgan fingerprint density at radius 3 is 2.75 bits per heavy atom. The number of hydrogen-bond donors (Lipinski definition) is 1. The number of carbonyl (C=O) groups is 1. The van der Waals surface area contributed by atoms with E-state index in [0.29, 0.717) is 18.0 Å². The molecule has 2 aromatic heterocycles. The summed E-state index contributed by atoms with van der Waals surface area (Å²) in [6.07, 6.45) is 7.62. The lowest BCUT2D eigenvalue weighted by Gasteiger charge is -2.01. The van der Waals surface area contributed by atoms with Gasteiger partial charge >= 0.3 is 0 Å². The predicted octanol–water partition coefficient (Wildman–Crippen LogP) is 2.47. The van der Waals surface area contributed by atoms with Gasteiger partial charge in [-0.1, -0.05) is 11.2 Å². The zero-order valence-corrected chi connectivity index (χ0v) is 11.7. The molecule has 20 heavy (non-hydrogen) atoms. The summed E-state index contributed by atoms with van der Waals surface area (Å²) in [6.45, 7) is 2.79. The molecule has 0 radical (unpaired) electrons. The molecule has 0 saturated carbocycles. The fourth-order valence-electron chi connectivity index (χ4n) is 1.97. The van der Waals surface area contributed by atoms with Gasteiger partial charge in [-0.2, -0.15) is 0 Å². The quantitative estimate of drug-likeness (QED) is 0.623. The minimum absolute atomic E-state index is 0.00864. The summed E-state index contributed by atoms with van der Waals surface area (Å²) in [4.78, 5) is 11.7. The molecule has 0 spiro atoms. The summed E-state index contributed by atoms with van der Waals surface area (Å²) in [6, 6.07) is 7.76. The van der Waals surface area contributed by atoms with E-state index in [1.165, 1.54) is 0 Å². The molecule has 0 aromatic carbocycles. The number of rotatable bonds is 7. The number of hydrogen-bond acceptors (Lipinski definition) is 3. The SMILES string of the molecule is Cc1cc(NC(=O)CCCCC[n+]2ccccc2)no1. The zero-order chi connectivity index (χ0) is 14.2. The highest BCUT2D eigenvalue weighted by Crippen LogP contribution is 2.08. The number of aryl methyl sites for hydroxylation is 2. The van der Waals surface area contributed by atoms with Gasteiger partial charge in [-0.05, 0) is 19.8 Å². The molecule has 0 bridgehead atoms. The van der Waals surface area contributed by atoms with Crippen LogP contribution in [0.5, 0.6) is 0 Å². The van der Waals surface area contributed by atoms with Gasteiger partial charge < -0.3 is 9.84 Å². The molecule has 5 nitrogen and oxygen atoms in total. The Labute approximate surface area is 118 Å². The van der Waals surface area contributed by atoms with Crippen LogP contribution >= 0.6 is 0 Å². The lowest BCUT2D eigenvalue weighted by molar-refractivity contribution is -0.697. The van der Waals surface area contributed by atoms with Crippen molar-refractivity contribution in [2.45, 2.75) is 39.2 Å². The zero-order valence-electron chi connectivity index (χ0n) is 11.7. The second-order valence-corrected chi connectivity index (χ2v) is 4.79. The van der Waals surface area contributed by atoms with E-state index in [-0.39, 0.29) is 5.91 Å². The van der Waals surface area contributed by atoms with E-state index in [0.717, 1.165) is 25.8 Å². The largest absolute Gasteiger partial charge is 0.360 e. The highest BCUT2D eigenvalue weighted by Gasteiger charge is 2.06. The molecule has 0 saturated heterocycles. The Kier molecular flexibility index (Phi) is 5.29. The Morgan fingerprint density at radius 1 is 1.25 bits per heavy atom. The van der Waals surface area contributed by atoms with E-state index in [2.05, 4.69) is 27.4 Å². The van der Waals surface area contributed by atoms with Crippen LogP contribution < -0.4 is 9.88 Å². The Balaban J connectivity index is 1.58. The van der Waals surface area contributed by atoms with Gasteiger partial charge in [-0.3, -0.25) is 4.79 Å². The van der Waals surface area contributed by atoms with Crippen molar-refractivity contribution in [3.63, 3.8) is 0 Å². The number of amides is 1. The van der Waals surface area contributed by atoms with Crippen LogP contribution in [0.2, 0.25) is 0 Å². The van der Waals surface area contributed by atoms with Crippen LogP contribution in [0.3, 0.4) is 0 Å². The monoisotopic (exact) mass is 274 g/mol. The van der Waals surface area contributed by atoms with Crippen LogP contribution in [0.1, 0.15) is 31.4 Å². The van der Waals surface area contributed by atoms with Crippen LogP contribution in [-0.4, -0.2) is 11.1 Å². The average molecular weight is 274 g/mol. The molecule has 2 rings (SSSR count). The first kappa shape index (κ1) is 14.2. The van der Waals surface area contributed by atoms with E-state index in [9.17, 15) is 4.79 Å². The molecule has 1 N–H and O–H groups in total. The average Bonchev–Trinajstić information content (AvgIpc) is 2.85. The van der Waals surface area contributed by atoms with Crippen LogP contribution in [-0.2, 0) is 11.3 Å². The molecule has 2 aromatic rings. The summed E-state index contributed by atoms with van der Waals surface area (Å²) in [7, 11) is 0. The van der Waals surface area contributed by atoms with Gasteiger partial charge in [0.2, 0.25) is 5.91 Å². The second kappa shape index (κ2) is 7.43. The van der Waals surface area contributed by atoms with Gasteiger partial charge in [-0.25, -0.2) is 4.57 Å². The number of nitrogens with zero attached hydrogens (tertiary/aromatic N) is 2. The minimum atomic E-state index is -0.00864. The van der Waals surface area contributed by atoms with E-state index in [1.54, 1.807) is 13.0 Å². The molecule has 2 heterocycles. The van der Waals surface area contributed by atoms with Crippen molar-refractivity contribution in [1.82, 2.24) is 5.16 Å². The Morgan fingerprint density at radius 2 is 2.05 bits per heavy atom. The number of aromatic nitrogens is 2. The summed E-state index contributed by atoms with van der Waals surface area (Å²) in [5.41, 5.74) is 0. The van der Waals surface area contributed by atoms with Gasteiger partial charge in [0.25, 0.3) is 0 Å². The minimum Gasteiger partial charge on any atom is -0.360 e. The van der Waals surface area contributed by atoms with Crippen LogP contribution in [0, 0.1) is 6.92 Å². The van der Waals surface area contributed by atoms with Crippen molar-refractivity contribution in [1.29, 1.82) is 0 Å². The molecule has 1 amide bonds. The van der Waals surface area contributed by atoms with Crippen LogP contribution in [0.25, 0.3) is 0 Å². The topological polar surface area (TPSA) is 59.0 Å². The number of carbonyl (C=O) groups excluding carboxylic acids is 1. The van der Waals surface area contributed by atoms with E-state index in [4.69, 9.17) is 4.52 Å². The van der Waals surface area contributed by atoms with Gasteiger partial charge in [0.1, 0.15) is 12.3 Å². The fraction of sp³-hybridized carbons (Fsp3) is 0.400. The van der Waals surface area contributed by atoms with Crippen molar-refractivity contribution < 1.29 is 13.9 Å². The smallest absolute Gasteiger partial charge is 0.225 e. The maximum absolute atomic E-state index is 11.7. The molecule has 0 unspecified atom stereocenters. The molecule has 0 atom stereocenters. The fourth-order valence-corrected chi connectivity index (χ4v) is 1.97. The van der Waals surface area contributed by atoms with Crippen molar-refractivity contribution in [2.75, 3.05) is 5.32 Å². The molecule has 106 valence electrons. The molecule has 0 fully saturated rings. The summed E-state index contributed by atoms with van der Waals surface area (Å²) < 4.78 is 7.04. The Bertz CT molecular complexity index is 537. The number of pyridine rings is 1. The predicted molar refractivity (Wildman–Crippen MR) is 75.0 cm³/mol. The number of anilines is 1. The highest BCUT2D eigenvalue weighted by molar-refractivity contribution is 5.89. The third-order valence-corrected chi connectivity index (χ3v) is 2.99. The van der Waals surface area contributed by atoms with Crippen LogP contribution in [0.15, 0.2) is 41.2 Å². The van der Waals surface area contributed by atoms with Gasteiger partial charge in [-0.15, -0.1) is 0 Å². The van der Waals surface area contributed by atoms with Crippen molar-refractivity contribution in [3.8, 4) is 0 Å². The number of unbranched alkanes of at least 4 members (excludes halogenated alkanes) is 2. The lowest BCUT2D eigenvalue weighted by Crippen LogP contribution is -2.32. The standard InChI is InChI=1S/C15H19N3O2/c1-13-12-14(17-20-13)16-15(19)8-4-2-5-9-18-10-6-3-7-11-18/h3,6-7,10-12H,2,4-5,8-9H2,1H3/p+1. The van der Waals surface area contributed by atoms with Crippen molar-refractivity contribution >= 4 is 11.7 Å². The van der Waals surface area contributed by atoms with Crippen molar-refractivity contribution in [2.24, 2.45) is 0 Å². The maximum atomic E-state index is 11.7. The second-order valence-electron chi connectivity index (χ2n) is 4.79. The van der Waals surface area contributed by atoms with Crippen LogP contribution in [0.4, 0.5) is 5.82 Å². The molecule has 0 aliphatic heterocycles. The van der Waals surface area contributed by atoms with Gasteiger partial charge in [0, 0.05) is 31.0 Å². The first-order valence-corrected chi connectivity index (χ1v) is 6.91. The summed E-state index contributed by atoms with van der Waals surface area (Å²) >= 11 is 0. The normalized spacial score (nSPS) is 10.4. The Hall–Kier alpha value is -2.17. The number of nitrogens with one attached hydrogen (secondary N) is 1. The lowest BCUT2D eigenvalue weighted by atomic mass is 10.2.